The van der Waals surface area contributed by atoms with Crippen LogP contribution in [0.1, 0.15) is 53.4 Å². The van der Waals surface area contributed by atoms with E-state index in [0.717, 1.165) is 25.7 Å². The fraction of sp³-hybridized carbons (Fsp3) is 0.923. The summed E-state index contributed by atoms with van der Waals surface area (Å²) in [5, 5.41) is 0. The molecule has 1 fully saturated rings. The zero-order chi connectivity index (χ0) is 11.6. The van der Waals surface area contributed by atoms with Gasteiger partial charge >= 0.3 is 0 Å². The lowest BCUT2D eigenvalue weighted by molar-refractivity contribution is -0.124. The van der Waals surface area contributed by atoms with Crippen molar-refractivity contribution in [1.29, 1.82) is 0 Å². The van der Waals surface area contributed by atoms with Crippen LogP contribution in [0.2, 0.25) is 0 Å². The molecule has 88 valence electrons. The molecule has 1 saturated carbocycles. The SMILES string of the molecule is CC(C)C1(C(C)C)CCC(C(N)=O)CC1. The quantitative estimate of drug-likeness (QED) is 0.766. The maximum atomic E-state index is 11.1. The van der Waals surface area contributed by atoms with Gasteiger partial charge in [-0.3, -0.25) is 4.79 Å². The van der Waals surface area contributed by atoms with Gasteiger partial charge < -0.3 is 5.73 Å². The van der Waals surface area contributed by atoms with Crippen molar-refractivity contribution in [2.45, 2.75) is 53.4 Å². The lowest BCUT2D eigenvalue weighted by Gasteiger charge is -2.46. The molecule has 0 heterocycles. The highest BCUT2D eigenvalue weighted by Crippen LogP contribution is 2.49. The zero-order valence-electron chi connectivity index (χ0n) is 10.5. The molecule has 0 bridgehead atoms. The second kappa shape index (κ2) is 4.54. The van der Waals surface area contributed by atoms with Crippen molar-refractivity contribution < 1.29 is 4.79 Å². The number of hydrogen-bond donors (Lipinski definition) is 1. The molecule has 2 N–H and O–H groups in total. The first-order valence-electron chi connectivity index (χ1n) is 6.19. The highest BCUT2D eigenvalue weighted by molar-refractivity contribution is 5.76. The van der Waals surface area contributed by atoms with Gasteiger partial charge in [-0.05, 0) is 42.9 Å². The summed E-state index contributed by atoms with van der Waals surface area (Å²) in [5.74, 6) is 1.43. The molecule has 0 spiro atoms. The lowest BCUT2D eigenvalue weighted by Crippen LogP contribution is -2.39. The molecule has 1 aliphatic carbocycles. The van der Waals surface area contributed by atoms with Crippen molar-refractivity contribution >= 4 is 5.91 Å². The van der Waals surface area contributed by atoms with Crippen LogP contribution in [0.25, 0.3) is 0 Å². The molecule has 2 heteroatoms. The van der Waals surface area contributed by atoms with Gasteiger partial charge in [0.1, 0.15) is 0 Å². The van der Waals surface area contributed by atoms with Gasteiger partial charge in [-0.1, -0.05) is 27.7 Å². The summed E-state index contributed by atoms with van der Waals surface area (Å²) in [4.78, 5) is 11.1. The summed E-state index contributed by atoms with van der Waals surface area (Å²) in [6.45, 7) is 9.24. The molecule has 1 aliphatic rings. The van der Waals surface area contributed by atoms with Crippen molar-refractivity contribution in [2.24, 2.45) is 28.9 Å². The van der Waals surface area contributed by atoms with Gasteiger partial charge in [-0.25, -0.2) is 0 Å². The summed E-state index contributed by atoms with van der Waals surface area (Å²) in [6, 6.07) is 0. The number of rotatable bonds is 3. The Labute approximate surface area is 93.6 Å². The Balaban J connectivity index is 2.70. The Bertz CT molecular complexity index is 215. The van der Waals surface area contributed by atoms with E-state index in [1.165, 1.54) is 0 Å². The molecule has 0 radical (unpaired) electrons. The molecule has 2 nitrogen and oxygen atoms in total. The molecule has 1 amide bonds. The Hall–Kier alpha value is -0.530. The van der Waals surface area contributed by atoms with E-state index in [1.807, 2.05) is 0 Å². The Morgan fingerprint density at radius 3 is 1.80 bits per heavy atom. The predicted octanol–water partition coefficient (Wildman–Crippen LogP) is 2.96. The van der Waals surface area contributed by atoms with Crippen molar-refractivity contribution in [2.75, 3.05) is 0 Å². The number of hydrogen-bond acceptors (Lipinski definition) is 1. The highest BCUT2D eigenvalue weighted by Gasteiger charge is 2.41. The van der Waals surface area contributed by atoms with E-state index in [1.54, 1.807) is 0 Å². The van der Waals surface area contributed by atoms with Crippen LogP contribution in [0.4, 0.5) is 0 Å². The topological polar surface area (TPSA) is 43.1 Å². The van der Waals surface area contributed by atoms with Crippen LogP contribution in [0.15, 0.2) is 0 Å². The zero-order valence-corrected chi connectivity index (χ0v) is 10.5. The van der Waals surface area contributed by atoms with Crippen molar-refractivity contribution in [3.63, 3.8) is 0 Å². The normalized spacial score (nSPS) is 22.3. The van der Waals surface area contributed by atoms with E-state index in [2.05, 4.69) is 27.7 Å². The lowest BCUT2D eigenvalue weighted by atomic mass is 9.59. The monoisotopic (exact) mass is 211 g/mol. The van der Waals surface area contributed by atoms with Gasteiger partial charge in [0.25, 0.3) is 0 Å². The predicted molar refractivity (Wildman–Crippen MR) is 63.3 cm³/mol. The minimum atomic E-state index is -0.101. The van der Waals surface area contributed by atoms with Crippen LogP contribution in [-0.4, -0.2) is 5.91 Å². The molecule has 15 heavy (non-hydrogen) atoms. The fourth-order valence-corrected chi connectivity index (χ4v) is 3.26. The van der Waals surface area contributed by atoms with E-state index in [0.29, 0.717) is 17.3 Å². The van der Waals surface area contributed by atoms with E-state index >= 15 is 0 Å². The maximum absolute atomic E-state index is 11.1. The second-order valence-electron chi connectivity index (χ2n) is 5.72. The van der Waals surface area contributed by atoms with E-state index in [-0.39, 0.29) is 11.8 Å². The van der Waals surface area contributed by atoms with Crippen LogP contribution in [0, 0.1) is 23.2 Å². The molecular formula is C13H25NO. The average Bonchev–Trinajstić information content (AvgIpc) is 2.17. The molecule has 0 unspecified atom stereocenters. The fourth-order valence-electron chi connectivity index (χ4n) is 3.26. The Kier molecular flexibility index (Phi) is 3.80. The molecule has 0 aromatic carbocycles. The van der Waals surface area contributed by atoms with Crippen molar-refractivity contribution in [3.8, 4) is 0 Å². The number of carbonyl (C=O) groups is 1. The minimum absolute atomic E-state index is 0.101. The van der Waals surface area contributed by atoms with Gasteiger partial charge in [0.15, 0.2) is 0 Å². The number of nitrogens with two attached hydrogens (primary N) is 1. The van der Waals surface area contributed by atoms with Crippen LogP contribution < -0.4 is 5.73 Å². The summed E-state index contributed by atoms with van der Waals surface area (Å²) in [5.41, 5.74) is 5.81. The first kappa shape index (κ1) is 12.5. The van der Waals surface area contributed by atoms with Crippen LogP contribution in [-0.2, 0) is 4.79 Å². The first-order valence-corrected chi connectivity index (χ1v) is 6.19. The summed E-state index contributed by atoms with van der Waals surface area (Å²) in [6.07, 6.45) is 4.31. The van der Waals surface area contributed by atoms with Crippen molar-refractivity contribution in [1.82, 2.24) is 0 Å². The third-order valence-corrected chi connectivity index (χ3v) is 4.62. The Morgan fingerprint density at radius 1 is 1.13 bits per heavy atom. The van der Waals surface area contributed by atoms with Gasteiger partial charge in [0, 0.05) is 5.92 Å². The van der Waals surface area contributed by atoms with Gasteiger partial charge in [0.05, 0.1) is 0 Å². The van der Waals surface area contributed by atoms with E-state index in [4.69, 9.17) is 5.73 Å². The highest BCUT2D eigenvalue weighted by atomic mass is 16.1. The largest absolute Gasteiger partial charge is 0.369 e. The average molecular weight is 211 g/mol. The summed E-state index contributed by atoms with van der Waals surface area (Å²) < 4.78 is 0. The third-order valence-electron chi connectivity index (χ3n) is 4.62. The van der Waals surface area contributed by atoms with Gasteiger partial charge in [-0.2, -0.15) is 0 Å². The second-order valence-corrected chi connectivity index (χ2v) is 5.72. The molecule has 1 rings (SSSR count). The maximum Gasteiger partial charge on any atom is 0.220 e. The van der Waals surface area contributed by atoms with Crippen LogP contribution in [0.5, 0.6) is 0 Å². The molecule has 0 atom stereocenters. The summed E-state index contributed by atoms with van der Waals surface area (Å²) in [7, 11) is 0. The number of amides is 1. The van der Waals surface area contributed by atoms with E-state index < -0.39 is 0 Å². The minimum Gasteiger partial charge on any atom is -0.369 e. The van der Waals surface area contributed by atoms with Crippen LogP contribution >= 0.6 is 0 Å². The molecular weight excluding hydrogens is 186 g/mol. The Morgan fingerprint density at radius 2 is 1.53 bits per heavy atom. The molecule has 0 saturated heterocycles. The molecule has 0 aromatic heterocycles. The third kappa shape index (κ3) is 2.35. The van der Waals surface area contributed by atoms with Crippen LogP contribution in [0.3, 0.4) is 0 Å². The smallest absolute Gasteiger partial charge is 0.220 e. The first-order chi connectivity index (χ1) is 6.90. The number of carbonyl (C=O) groups excluding carboxylic acids is 1. The van der Waals surface area contributed by atoms with Gasteiger partial charge in [0.2, 0.25) is 5.91 Å². The summed E-state index contributed by atoms with van der Waals surface area (Å²) >= 11 is 0. The van der Waals surface area contributed by atoms with Gasteiger partial charge in [-0.15, -0.1) is 0 Å². The van der Waals surface area contributed by atoms with E-state index in [9.17, 15) is 4.79 Å². The standard InChI is InChI=1S/C13H25NO/c1-9(2)13(10(3)4)7-5-11(6-8-13)12(14)15/h9-11H,5-8H2,1-4H3,(H2,14,15). The van der Waals surface area contributed by atoms with Crippen molar-refractivity contribution in [3.05, 3.63) is 0 Å². The number of primary amides is 1. The molecule has 0 aromatic rings. The molecule has 0 aliphatic heterocycles.